The van der Waals surface area contributed by atoms with Crippen molar-refractivity contribution >= 4 is 28.5 Å². The van der Waals surface area contributed by atoms with E-state index >= 15 is 0 Å². The first-order valence-corrected chi connectivity index (χ1v) is 7.98. The molecule has 1 amide bonds. The van der Waals surface area contributed by atoms with E-state index in [1.54, 1.807) is 0 Å². The number of primary amides is 1. The predicted molar refractivity (Wildman–Crippen MR) is 88.6 cm³/mol. The van der Waals surface area contributed by atoms with Crippen LogP contribution in [0.3, 0.4) is 0 Å². The van der Waals surface area contributed by atoms with E-state index in [-0.39, 0.29) is 0 Å². The van der Waals surface area contributed by atoms with Crippen LogP contribution in [0.2, 0.25) is 0 Å². The fraction of sp³-hybridized carbons (Fsp3) is 0.250. The zero-order chi connectivity index (χ0) is 14.8. The Labute approximate surface area is 136 Å². The van der Waals surface area contributed by atoms with Crippen molar-refractivity contribution in [2.24, 2.45) is 5.73 Å². The number of halogens is 1. The normalized spacial score (nSPS) is 13.6. The van der Waals surface area contributed by atoms with Gasteiger partial charge in [-0.1, -0.05) is 12.1 Å². The highest BCUT2D eigenvalue weighted by Crippen LogP contribution is 2.30. The highest BCUT2D eigenvalue weighted by molar-refractivity contribution is 14.1. The first kappa shape index (κ1) is 14.3. The lowest BCUT2D eigenvalue weighted by atomic mass is 9.95. The second-order valence-corrected chi connectivity index (χ2v) is 6.21. The molecule has 0 bridgehead atoms. The maximum Gasteiger partial charge on any atom is 0.254 e. The third kappa shape index (κ3) is 3.02. The van der Waals surface area contributed by atoms with Crippen LogP contribution in [0.5, 0.6) is 11.6 Å². The van der Waals surface area contributed by atoms with E-state index in [4.69, 9.17) is 10.5 Å². The topological polar surface area (TPSA) is 65.2 Å². The second kappa shape index (κ2) is 6.01. The van der Waals surface area contributed by atoms with Gasteiger partial charge in [0.1, 0.15) is 11.3 Å². The van der Waals surface area contributed by atoms with E-state index in [0.717, 1.165) is 40.5 Å². The average Bonchev–Trinajstić information content (AvgIpc) is 2.48. The quantitative estimate of drug-likeness (QED) is 0.812. The van der Waals surface area contributed by atoms with Crippen LogP contribution in [0, 0.1) is 3.57 Å². The number of hydrogen-bond acceptors (Lipinski definition) is 3. The Morgan fingerprint density at radius 1 is 1.24 bits per heavy atom. The van der Waals surface area contributed by atoms with Crippen molar-refractivity contribution in [2.45, 2.75) is 25.7 Å². The van der Waals surface area contributed by atoms with Gasteiger partial charge in [0.2, 0.25) is 5.88 Å². The van der Waals surface area contributed by atoms with Crippen LogP contribution in [-0.2, 0) is 12.8 Å². The Morgan fingerprint density at radius 3 is 2.76 bits per heavy atom. The third-order valence-corrected chi connectivity index (χ3v) is 4.47. The van der Waals surface area contributed by atoms with Crippen LogP contribution in [0.4, 0.5) is 0 Å². The Bertz CT molecular complexity index is 701. The Balaban J connectivity index is 2.04. The molecule has 4 nitrogen and oxygen atoms in total. The molecule has 0 atom stereocenters. The molecule has 0 radical (unpaired) electrons. The Hall–Kier alpha value is -1.63. The number of aryl methyl sites for hydroxylation is 2. The smallest absolute Gasteiger partial charge is 0.254 e. The van der Waals surface area contributed by atoms with Crippen molar-refractivity contribution < 1.29 is 9.53 Å². The molecule has 0 fully saturated rings. The molecule has 3 rings (SSSR count). The molecule has 1 heterocycles. The van der Waals surface area contributed by atoms with E-state index in [2.05, 4.69) is 27.6 Å². The summed E-state index contributed by atoms with van der Waals surface area (Å²) in [4.78, 5) is 16.2. The van der Waals surface area contributed by atoms with Gasteiger partial charge >= 0.3 is 0 Å². The standard InChI is InChI=1S/C16H15IN2O2/c17-12-6-2-4-8-14(12)21-16-11(15(18)20)9-10-5-1-3-7-13(10)19-16/h2,4,6,8-9H,1,3,5,7H2,(H2,18,20). The minimum atomic E-state index is -0.503. The van der Waals surface area contributed by atoms with Crippen LogP contribution in [0.1, 0.15) is 34.5 Å². The number of aromatic nitrogens is 1. The van der Waals surface area contributed by atoms with Crippen molar-refractivity contribution in [1.82, 2.24) is 4.98 Å². The molecule has 1 aliphatic carbocycles. The number of hydrogen-bond donors (Lipinski definition) is 1. The summed E-state index contributed by atoms with van der Waals surface area (Å²) in [5.74, 6) is 0.493. The number of amides is 1. The highest BCUT2D eigenvalue weighted by Gasteiger charge is 2.19. The van der Waals surface area contributed by atoms with Gasteiger partial charge in [0.15, 0.2) is 0 Å². The minimum Gasteiger partial charge on any atom is -0.437 e. The van der Waals surface area contributed by atoms with Gasteiger partial charge in [-0.3, -0.25) is 4.79 Å². The van der Waals surface area contributed by atoms with Crippen LogP contribution in [0.15, 0.2) is 30.3 Å². The molecule has 2 N–H and O–H groups in total. The van der Waals surface area contributed by atoms with Crippen LogP contribution in [0.25, 0.3) is 0 Å². The zero-order valence-electron chi connectivity index (χ0n) is 11.4. The van der Waals surface area contributed by atoms with Crippen molar-refractivity contribution in [2.75, 3.05) is 0 Å². The first-order chi connectivity index (χ1) is 10.1. The lowest BCUT2D eigenvalue weighted by molar-refractivity contribution is 0.0997. The van der Waals surface area contributed by atoms with Gasteiger partial charge in [-0.25, -0.2) is 4.98 Å². The summed E-state index contributed by atoms with van der Waals surface area (Å²) in [7, 11) is 0. The van der Waals surface area contributed by atoms with Crippen molar-refractivity contribution in [3.63, 3.8) is 0 Å². The summed E-state index contributed by atoms with van der Waals surface area (Å²) in [6.45, 7) is 0. The van der Waals surface area contributed by atoms with E-state index < -0.39 is 5.91 Å². The third-order valence-electron chi connectivity index (χ3n) is 3.57. The van der Waals surface area contributed by atoms with E-state index in [9.17, 15) is 4.79 Å². The number of para-hydroxylation sites is 1. The summed E-state index contributed by atoms with van der Waals surface area (Å²) in [6.07, 6.45) is 4.13. The number of fused-ring (bicyclic) bond motifs is 1. The van der Waals surface area contributed by atoms with Gasteiger partial charge in [-0.15, -0.1) is 0 Å². The monoisotopic (exact) mass is 394 g/mol. The average molecular weight is 394 g/mol. The molecule has 1 aromatic carbocycles. The van der Waals surface area contributed by atoms with Gasteiger partial charge in [-0.2, -0.15) is 0 Å². The number of rotatable bonds is 3. The largest absolute Gasteiger partial charge is 0.437 e. The molecular weight excluding hydrogens is 379 g/mol. The molecule has 5 heteroatoms. The summed E-state index contributed by atoms with van der Waals surface area (Å²) in [5, 5.41) is 0. The second-order valence-electron chi connectivity index (χ2n) is 5.05. The number of pyridine rings is 1. The SMILES string of the molecule is NC(=O)c1cc2c(nc1Oc1ccccc1I)CCCC2. The summed E-state index contributed by atoms with van der Waals surface area (Å²) < 4.78 is 6.81. The minimum absolute atomic E-state index is 0.312. The number of benzene rings is 1. The van der Waals surface area contributed by atoms with Crippen LogP contribution in [-0.4, -0.2) is 10.9 Å². The fourth-order valence-corrected chi connectivity index (χ4v) is 3.00. The Morgan fingerprint density at radius 2 is 2.00 bits per heavy atom. The van der Waals surface area contributed by atoms with E-state index in [0.29, 0.717) is 17.2 Å². The summed E-state index contributed by atoms with van der Waals surface area (Å²) in [5.41, 5.74) is 7.97. The number of nitrogens with two attached hydrogens (primary N) is 1. The lowest BCUT2D eigenvalue weighted by Crippen LogP contribution is -2.16. The maximum atomic E-state index is 11.7. The summed E-state index contributed by atoms with van der Waals surface area (Å²) in [6, 6.07) is 9.46. The van der Waals surface area contributed by atoms with Gasteiger partial charge in [0.05, 0.1) is 3.57 Å². The molecule has 0 aliphatic heterocycles. The molecule has 0 saturated carbocycles. The molecule has 108 valence electrons. The fourth-order valence-electron chi connectivity index (χ4n) is 2.50. The number of ether oxygens (including phenoxy) is 1. The molecule has 0 saturated heterocycles. The Kier molecular flexibility index (Phi) is 4.10. The zero-order valence-corrected chi connectivity index (χ0v) is 13.6. The van der Waals surface area contributed by atoms with Gasteiger partial charge in [0, 0.05) is 5.69 Å². The predicted octanol–water partition coefficient (Wildman–Crippen LogP) is 3.46. The van der Waals surface area contributed by atoms with E-state index in [1.165, 1.54) is 0 Å². The molecule has 1 aliphatic rings. The highest BCUT2D eigenvalue weighted by atomic mass is 127. The van der Waals surface area contributed by atoms with Crippen LogP contribution < -0.4 is 10.5 Å². The molecule has 21 heavy (non-hydrogen) atoms. The maximum absolute atomic E-state index is 11.7. The number of carbonyl (C=O) groups is 1. The first-order valence-electron chi connectivity index (χ1n) is 6.90. The molecule has 0 spiro atoms. The van der Waals surface area contributed by atoms with E-state index in [1.807, 2.05) is 30.3 Å². The van der Waals surface area contributed by atoms with Gasteiger partial charge in [-0.05, 0) is 72.0 Å². The van der Waals surface area contributed by atoms with Crippen LogP contribution >= 0.6 is 22.6 Å². The molecule has 1 aromatic heterocycles. The van der Waals surface area contributed by atoms with Crippen molar-refractivity contribution in [3.05, 3.63) is 50.7 Å². The lowest BCUT2D eigenvalue weighted by Gasteiger charge is -2.18. The molecule has 2 aromatic rings. The summed E-state index contributed by atoms with van der Waals surface area (Å²) >= 11 is 2.19. The molecular formula is C16H15IN2O2. The molecule has 0 unspecified atom stereocenters. The van der Waals surface area contributed by atoms with Crippen molar-refractivity contribution in [3.8, 4) is 11.6 Å². The van der Waals surface area contributed by atoms with Crippen molar-refractivity contribution in [1.29, 1.82) is 0 Å². The van der Waals surface area contributed by atoms with Gasteiger partial charge in [0.25, 0.3) is 5.91 Å². The van der Waals surface area contributed by atoms with Gasteiger partial charge < -0.3 is 10.5 Å². The number of carbonyl (C=O) groups excluding carboxylic acids is 1. The number of nitrogens with zero attached hydrogens (tertiary/aromatic N) is 1.